The first-order chi connectivity index (χ1) is 13.1. The fourth-order valence-corrected chi connectivity index (χ4v) is 5.06. The molecule has 1 saturated carbocycles. The van der Waals surface area contributed by atoms with Crippen LogP contribution >= 0.6 is 0 Å². The Morgan fingerprint density at radius 2 is 1.75 bits per heavy atom. The molecule has 2 fully saturated rings. The van der Waals surface area contributed by atoms with Gasteiger partial charge in [0.15, 0.2) is 5.96 Å². The minimum Gasteiger partial charge on any atom is -0.357 e. The third kappa shape index (κ3) is 5.75. The number of halogens is 3. The molecule has 1 aliphatic carbocycles. The van der Waals surface area contributed by atoms with Crippen molar-refractivity contribution in [2.45, 2.75) is 64.3 Å². The van der Waals surface area contributed by atoms with Gasteiger partial charge >= 0.3 is 15.5 Å². The van der Waals surface area contributed by atoms with E-state index in [-0.39, 0.29) is 19.0 Å². The molecular formula is C18H33F3N4O2S. The van der Waals surface area contributed by atoms with Crippen LogP contribution in [0.15, 0.2) is 4.99 Å². The van der Waals surface area contributed by atoms with Crippen LogP contribution in [0.3, 0.4) is 0 Å². The van der Waals surface area contributed by atoms with Gasteiger partial charge in [-0.2, -0.15) is 17.5 Å². The first kappa shape index (κ1) is 23.3. The van der Waals surface area contributed by atoms with Gasteiger partial charge in [0, 0.05) is 32.7 Å². The summed E-state index contributed by atoms with van der Waals surface area (Å²) < 4.78 is 61.5. The SMILES string of the molecule is CCNC(=NCC1(CC)CCCC1)NCC1CCN(S(=O)(=O)C(F)(F)F)CC1. The average molecular weight is 427 g/mol. The summed E-state index contributed by atoms with van der Waals surface area (Å²) in [4.78, 5) is 4.75. The first-order valence-corrected chi connectivity index (χ1v) is 11.7. The predicted octanol–water partition coefficient (Wildman–Crippen LogP) is 3.07. The van der Waals surface area contributed by atoms with E-state index in [1.165, 1.54) is 25.7 Å². The summed E-state index contributed by atoms with van der Waals surface area (Å²) in [7, 11) is -5.21. The van der Waals surface area contributed by atoms with E-state index in [4.69, 9.17) is 4.99 Å². The summed E-state index contributed by atoms with van der Waals surface area (Å²) in [5, 5.41) is 6.51. The van der Waals surface area contributed by atoms with E-state index >= 15 is 0 Å². The molecule has 6 nitrogen and oxygen atoms in total. The van der Waals surface area contributed by atoms with Crippen LogP contribution in [0.2, 0.25) is 0 Å². The Hall–Kier alpha value is -1.03. The minimum absolute atomic E-state index is 0.0964. The molecule has 2 aliphatic rings. The zero-order chi connectivity index (χ0) is 20.8. The lowest BCUT2D eigenvalue weighted by molar-refractivity contribution is -0.0496. The maximum Gasteiger partial charge on any atom is 0.511 e. The van der Waals surface area contributed by atoms with Gasteiger partial charge in [0.2, 0.25) is 0 Å². The van der Waals surface area contributed by atoms with E-state index in [0.29, 0.717) is 29.1 Å². The number of nitrogens with zero attached hydrogens (tertiary/aromatic N) is 2. The number of piperidine rings is 1. The predicted molar refractivity (Wildman–Crippen MR) is 104 cm³/mol. The summed E-state index contributed by atoms with van der Waals surface area (Å²) in [6.07, 6.45) is 6.85. The van der Waals surface area contributed by atoms with Crippen molar-refractivity contribution < 1.29 is 21.6 Å². The fourth-order valence-electron chi connectivity index (χ4n) is 4.08. The molecule has 0 aromatic heterocycles. The zero-order valence-corrected chi connectivity index (χ0v) is 17.6. The van der Waals surface area contributed by atoms with Gasteiger partial charge in [-0.1, -0.05) is 19.8 Å². The molecule has 10 heteroatoms. The van der Waals surface area contributed by atoms with Crippen LogP contribution in [0, 0.1) is 11.3 Å². The second kappa shape index (κ2) is 9.65. The largest absolute Gasteiger partial charge is 0.511 e. The van der Waals surface area contributed by atoms with Gasteiger partial charge in [-0.25, -0.2) is 8.42 Å². The molecular weight excluding hydrogens is 393 g/mol. The minimum atomic E-state index is -5.22. The molecule has 0 spiro atoms. The summed E-state index contributed by atoms with van der Waals surface area (Å²) in [6, 6.07) is 0. The van der Waals surface area contributed by atoms with Crippen molar-refractivity contribution in [3.63, 3.8) is 0 Å². The highest BCUT2D eigenvalue weighted by Gasteiger charge is 2.50. The van der Waals surface area contributed by atoms with Crippen molar-refractivity contribution in [2.24, 2.45) is 16.3 Å². The van der Waals surface area contributed by atoms with Gasteiger partial charge in [-0.15, -0.1) is 0 Å². The lowest BCUT2D eigenvalue weighted by atomic mass is 9.84. The molecule has 1 saturated heterocycles. The van der Waals surface area contributed by atoms with Crippen LogP contribution in [0.25, 0.3) is 0 Å². The Kier molecular flexibility index (Phi) is 8.01. The van der Waals surface area contributed by atoms with Crippen LogP contribution in [0.4, 0.5) is 13.2 Å². The van der Waals surface area contributed by atoms with Gasteiger partial charge in [-0.3, -0.25) is 4.99 Å². The van der Waals surface area contributed by atoms with Gasteiger partial charge in [0.05, 0.1) is 0 Å². The van der Waals surface area contributed by atoms with E-state index in [2.05, 4.69) is 17.6 Å². The maximum absolute atomic E-state index is 12.7. The molecule has 0 unspecified atom stereocenters. The Labute approximate surface area is 166 Å². The number of hydrogen-bond donors (Lipinski definition) is 2. The van der Waals surface area contributed by atoms with Crippen LogP contribution in [0.1, 0.15) is 58.8 Å². The molecule has 2 rings (SSSR count). The van der Waals surface area contributed by atoms with Crippen LogP contribution in [-0.4, -0.2) is 56.9 Å². The fraction of sp³-hybridized carbons (Fsp3) is 0.944. The number of aliphatic imine (C=N–C) groups is 1. The van der Waals surface area contributed by atoms with Gasteiger partial charge in [0.1, 0.15) is 0 Å². The van der Waals surface area contributed by atoms with E-state index in [1.54, 1.807) is 0 Å². The second-order valence-corrected chi connectivity index (χ2v) is 9.86. The van der Waals surface area contributed by atoms with Crippen molar-refractivity contribution in [1.29, 1.82) is 0 Å². The van der Waals surface area contributed by atoms with Gasteiger partial charge in [-0.05, 0) is 50.4 Å². The quantitative estimate of drug-likeness (QED) is 0.485. The second-order valence-electron chi connectivity index (χ2n) is 7.93. The number of nitrogens with one attached hydrogen (secondary N) is 2. The Bertz CT molecular complexity index is 623. The maximum atomic E-state index is 12.7. The highest BCUT2D eigenvalue weighted by atomic mass is 32.2. The lowest BCUT2D eigenvalue weighted by Gasteiger charge is -2.32. The third-order valence-corrected chi connectivity index (χ3v) is 7.73. The molecule has 164 valence electrons. The van der Waals surface area contributed by atoms with E-state index < -0.39 is 15.5 Å². The van der Waals surface area contributed by atoms with E-state index in [9.17, 15) is 21.6 Å². The van der Waals surface area contributed by atoms with Crippen molar-refractivity contribution in [3.8, 4) is 0 Å². The number of rotatable bonds is 7. The topological polar surface area (TPSA) is 73.8 Å². The summed E-state index contributed by atoms with van der Waals surface area (Å²) in [5.41, 5.74) is -4.93. The summed E-state index contributed by atoms with van der Waals surface area (Å²) in [5.74, 6) is 0.850. The molecule has 1 heterocycles. The molecule has 0 bridgehead atoms. The monoisotopic (exact) mass is 426 g/mol. The Morgan fingerprint density at radius 3 is 2.25 bits per heavy atom. The summed E-state index contributed by atoms with van der Waals surface area (Å²) >= 11 is 0. The first-order valence-electron chi connectivity index (χ1n) is 10.2. The van der Waals surface area contributed by atoms with Crippen molar-refractivity contribution in [2.75, 3.05) is 32.7 Å². The number of guanidine groups is 1. The molecule has 0 aromatic rings. The number of hydrogen-bond acceptors (Lipinski definition) is 3. The lowest BCUT2D eigenvalue weighted by Crippen LogP contribution is -2.47. The van der Waals surface area contributed by atoms with Crippen LogP contribution < -0.4 is 10.6 Å². The van der Waals surface area contributed by atoms with Crippen molar-refractivity contribution in [3.05, 3.63) is 0 Å². The third-order valence-electron chi connectivity index (χ3n) is 6.10. The van der Waals surface area contributed by atoms with Crippen LogP contribution in [0.5, 0.6) is 0 Å². The van der Waals surface area contributed by atoms with Gasteiger partial charge < -0.3 is 10.6 Å². The van der Waals surface area contributed by atoms with E-state index in [1.807, 2.05) is 6.92 Å². The van der Waals surface area contributed by atoms with E-state index in [0.717, 1.165) is 25.5 Å². The van der Waals surface area contributed by atoms with Crippen molar-refractivity contribution in [1.82, 2.24) is 14.9 Å². The molecule has 1 aliphatic heterocycles. The Morgan fingerprint density at radius 1 is 1.14 bits per heavy atom. The molecule has 0 aromatic carbocycles. The molecule has 0 atom stereocenters. The van der Waals surface area contributed by atoms with Crippen molar-refractivity contribution >= 4 is 16.0 Å². The van der Waals surface area contributed by atoms with Crippen LogP contribution in [-0.2, 0) is 10.0 Å². The summed E-state index contributed by atoms with van der Waals surface area (Å²) in [6.45, 7) is 6.09. The Balaban J connectivity index is 1.85. The highest BCUT2D eigenvalue weighted by molar-refractivity contribution is 7.90. The molecule has 0 radical (unpaired) electrons. The smallest absolute Gasteiger partial charge is 0.357 e. The average Bonchev–Trinajstić information content (AvgIpc) is 3.13. The zero-order valence-electron chi connectivity index (χ0n) is 16.8. The highest BCUT2D eigenvalue weighted by Crippen LogP contribution is 2.41. The standard InChI is InChI=1S/C18H33F3N4O2S/c1-3-17(9-5-6-10-17)14-24-16(22-4-2)23-13-15-7-11-25(12-8-15)28(26,27)18(19,20)21/h15H,3-14H2,1-2H3,(H2,22,23,24). The molecule has 0 amide bonds. The molecule has 2 N–H and O–H groups in total. The normalized spacial score (nSPS) is 22.4. The number of sulfonamides is 1. The van der Waals surface area contributed by atoms with Gasteiger partial charge in [0.25, 0.3) is 0 Å². The molecule has 28 heavy (non-hydrogen) atoms. The number of alkyl halides is 3.